The number of nitriles is 1. The smallest absolute Gasteiger partial charge is 0.403 e. The molecule has 0 bridgehead atoms. The van der Waals surface area contributed by atoms with Crippen LogP contribution in [0.25, 0.3) is 0 Å². The predicted octanol–water partition coefficient (Wildman–Crippen LogP) is 0.00918. The van der Waals surface area contributed by atoms with Crippen molar-refractivity contribution in [2.24, 2.45) is 10.8 Å². The number of carbonyl (C=O) groups excluding carboxylic acids is 1. The summed E-state index contributed by atoms with van der Waals surface area (Å²) < 4.78 is 29.0. The molecule has 0 radical (unpaired) electrons. The number of carbonyl (C=O) groups is 1. The summed E-state index contributed by atoms with van der Waals surface area (Å²) in [6.07, 6.45) is -2.99. The molecule has 2 heterocycles. The average Bonchev–Trinajstić information content (AvgIpc) is 2.95. The fourth-order valence-electron chi connectivity index (χ4n) is 3.05. The van der Waals surface area contributed by atoms with Crippen molar-refractivity contribution in [1.82, 2.24) is 14.6 Å². The fraction of sp³-hybridized carbons (Fsp3) is 0.684. The predicted molar refractivity (Wildman–Crippen MR) is 114 cm³/mol. The minimum absolute atomic E-state index is 0.106. The van der Waals surface area contributed by atoms with Gasteiger partial charge in [0.1, 0.15) is 23.7 Å². The van der Waals surface area contributed by atoms with Gasteiger partial charge in [0.15, 0.2) is 6.23 Å². The standard InChI is InChI=1S/C19H29N4O9P/c1-11(15(26)30-10-18(2,3)4)22-33(28,29)31-8-12-14(25)19(5,9-20)16(32-12)23-7-6-13(24)21-17(23)27/h6-7,11-12,14,16,25H,8,10H2,1-5H3,(H,21,24,27)(H2,22,28,29)/t11-,12+,14?,16+,19+/m0/s1. The van der Waals surface area contributed by atoms with Crippen molar-refractivity contribution in [3.8, 4) is 6.07 Å². The van der Waals surface area contributed by atoms with Crippen molar-refractivity contribution in [2.45, 2.75) is 59.1 Å². The topological polar surface area (TPSA) is 193 Å². The van der Waals surface area contributed by atoms with Gasteiger partial charge in [0.25, 0.3) is 5.56 Å². The first-order valence-electron chi connectivity index (χ1n) is 10.1. The van der Waals surface area contributed by atoms with Gasteiger partial charge in [-0.25, -0.2) is 14.4 Å². The van der Waals surface area contributed by atoms with Gasteiger partial charge in [0.05, 0.1) is 19.3 Å². The zero-order chi connectivity index (χ0) is 25.2. The molecule has 1 aliphatic rings. The molecule has 1 saturated heterocycles. The van der Waals surface area contributed by atoms with Gasteiger partial charge < -0.3 is 19.5 Å². The van der Waals surface area contributed by atoms with Crippen LogP contribution >= 0.6 is 7.75 Å². The van der Waals surface area contributed by atoms with Gasteiger partial charge in [0.2, 0.25) is 0 Å². The molecule has 1 aromatic heterocycles. The average molecular weight is 488 g/mol. The second-order valence-electron chi connectivity index (χ2n) is 9.22. The number of aliphatic hydroxyl groups is 1. The lowest BCUT2D eigenvalue weighted by atomic mass is 9.84. The molecule has 33 heavy (non-hydrogen) atoms. The Labute approximate surface area is 189 Å². The quantitative estimate of drug-likeness (QED) is 0.284. The number of aromatic amines is 1. The van der Waals surface area contributed by atoms with Gasteiger partial charge in [-0.2, -0.15) is 5.26 Å². The van der Waals surface area contributed by atoms with Gasteiger partial charge in [-0.15, -0.1) is 0 Å². The minimum Gasteiger partial charge on any atom is -0.464 e. The van der Waals surface area contributed by atoms with Crippen molar-refractivity contribution in [3.63, 3.8) is 0 Å². The van der Waals surface area contributed by atoms with E-state index in [4.69, 9.17) is 14.0 Å². The van der Waals surface area contributed by atoms with E-state index in [1.54, 1.807) is 0 Å². The number of H-pyrrole nitrogens is 1. The van der Waals surface area contributed by atoms with Gasteiger partial charge in [-0.1, -0.05) is 20.8 Å². The van der Waals surface area contributed by atoms with E-state index in [9.17, 15) is 34.2 Å². The first-order chi connectivity index (χ1) is 15.1. The third-order valence-electron chi connectivity index (χ3n) is 4.90. The molecule has 1 aliphatic heterocycles. The molecule has 0 aliphatic carbocycles. The summed E-state index contributed by atoms with van der Waals surface area (Å²) in [5.41, 5.74) is -3.45. The number of ether oxygens (including phenoxy) is 2. The lowest BCUT2D eigenvalue weighted by molar-refractivity contribution is -0.148. The zero-order valence-corrected chi connectivity index (χ0v) is 19.9. The van der Waals surface area contributed by atoms with E-state index in [1.807, 2.05) is 31.8 Å². The monoisotopic (exact) mass is 488 g/mol. The molecular weight excluding hydrogens is 459 g/mol. The van der Waals surface area contributed by atoms with E-state index in [2.05, 4.69) is 5.09 Å². The van der Waals surface area contributed by atoms with Crippen molar-refractivity contribution in [1.29, 1.82) is 5.26 Å². The molecule has 0 aromatic carbocycles. The summed E-state index contributed by atoms with van der Waals surface area (Å²) >= 11 is 0. The Morgan fingerprint density at radius 2 is 2.12 bits per heavy atom. The van der Waals surface area contributed by atoms with Gasteiger partial charge in [-0.05, 0) is 19.3 Å². The molecule has 6 atom stereocenters. The van der Waals surface area contributed by atoms with Gasteiger partial charge in [0, 0.05) is 12.3 Å². The van der Waals surface area contributed by atoms with Gasteiger partial charge in [-0.3, -0.25) is 23.7 Å². The summed E-state index contributed by atoms with van der Waals surface area (Å²) in [4.78, 5) is 47.6. The highest BCUT2D eigenvalue weighted by Gasteiger charge is 2.55. The van der Waals surface area contributed by atoms with E-state index in [1.165, 1.54) is 13.8 Å². The van der Waals surface area contributed by atoms with E-state index in [0.717, 1.165) is 16.8 Å². The van der Waals surface area contributed by atoms with Gasteiger partial charge >= 0.3 is 19.4 Å². The van der Waals surface area contributed by atoms with Crippen LogP contribution in [0.2, 0.25) is 0 Å². The molecular formula is C19H29N4O9P. The van der Waals surface area contributed by atoms with E-state index < -0.39 is 61.5 Å². The molecule has 1 aromatic rings. The van der Waals surface area contributed by atoms with Crippen LogP contribution in [0.5, 0.6) is 0 Å². The molecule has 0 spiro atoms. The molecule has 0 amide bonds. The first-order valence-corrected chi connectivity index (χ1v) is 11.7. The second kappa shape index (κ2) is 9.89. The number of aliphatic hydroxyl groups excluding tert-OH is 1. The first kappa shape index (κ1) is 26.9. The Bertz CT molecular complexity index is 1070. The third kappa shape index (κ3) is 6.60. The summed E-state index contributed by atoms with van der Waals surface area (Å²) in [6, 6.07) is 1.76. The second-order valence-corrected chi connectivity index (χ2v) is 10.8. The normalized spacial score (nSPS) is 28.0. The summed E-state index contributed by atoms with van der Waals surface area (Å²) in [7, 11) is -4.54. The summed E-state index contributed by atoms with van der Waals surface area (Å²) in [6.45, 7) is 7.69. The summed E-state index contributed by atoms with van der Waals surface area (Å²) in [5.74, 6) is -0.755. The number of rotatable bonds is 8. The maximum Gasteiger partial charge on any atom is 0.403 e. The Kier molecular flexibility index (Phi) is 8.06. The minimum atomic E-state index is -4.54. The Hall–Kier alpha value is -2.33. The highest BCUT2D eigenvalue weighted by Crippen LogP contribution is 2.46. The van der Waals surface area contributed by atoms with Crippen molar-refractivity contribution in [2.75, 3.05) is 13.2 Å². The van der Waals surface area contributed by atoms with Crippen LogP contribution in [-0.2, 0) is 23.4 Å². The number of esters is 1. The van der Waals surface area contributed by atoms with E-state index in [-0.39, 0.29) is 12.0 Å². The molecule has 2 rings (SSSR count). The molecule has 1 fully saturated rings. The Balaban J connectivity index is 2.07. The van der Waals surface area contributed by atoms with Crippen LogP contribution in [0.15, 0.2) is 21.9 Å². The van der Waals surface area contributed by atoms with Crippen molar-refractivity contribution < 1.29 is 33.4 Å². The lowest BCUT2D eigenvalue weighted by Crippen LogP contribution is -2.41. The highest BCUT2D eigenvalue weighted by molar-refractivity contribution is 7.50. The van der Waals surface area contributed by atoms with Crippen LogP contribution < -0.4 is 16.3 Å². The summed E-state index contributed by atoms with van der Waals surface area (Å²) in [5, 5.41) is 22.4. The van der Waals surface area contributed by atoms with Crippen LogP contribution in [0.4, 0.5) is 0 Å². The van der Waals surface area contributed by atoms with Crippen LogP contribution in [-0.4, -0.2) is 57.0 Å². The maximum atomic E-state index is 12.4. The van der Waals surface area contributed by atoms with Crippen LogP contribution in [0.1, 0.15) is 40.8 Å². The lowest BCUT2D eigenvalue weighted by Gasteiger charge is -2.25. The molecule has 13 nitrogen and oxygen atoms in total. The van der Waals surface area contributed by atoms with Crippen molar-refractivity contribution in [3.05, 3.63) is 33.1 Å². The van der Waals surface area contributed by atoms with E-state index in [0.29, 0.717) is 0 Å². The molecule has 0 saturated carbocycles. The van der Waals surface area contributed by atoms with E-state index >= 15 is 0 Å². The zero-order valence-electron chi connectivity index (χ0n) is 19.0. The maximum absolute atomic E-state index is 12.4. The SMILES string of the molecule is C[C@H](NP(=O)(O)OC[C@H]1O[C@@H](n2ccc(=O)[nH]c2=O)[C@](C)(C#N)C1O)C(=O)OCC(C)(C)C. The highest BCUT2D eigenvalue weighted by atomic mass is 31.2. The number of nitrogens with one attached hydrogen (secondary N) is 2. The van der Waals surface area contributed by atoms with Crippen LogP contribution in [0, 0.1) is 22.2 Å². The number of nitrogens with zero attached hydrogens (tertiary/aromatic N) is 2. The third-order valence-corrected chi connectivity index (χ3v) is 6.11. The Morgan fingerprint density at radius 3 is 2.67 bits per heavy atom. The van der Waals surface area contributed by atoms with Crippen molar-refractivity contribution >= 4 is 13.7 Å². The Morgan fingerprint density at radius 1 is 1.48 bits per heavy atom. The van der Waals surface area contributed by atoms with Crippen LogP contribution in [0.3, 0.4) is 0 Å². The fourth-order valence-corrected chi connectivity index (χ4v) is 4.07. The molecule has 2 unspecified atom stereocenters. The molecule has 4 N–H and O–H groups in total. The molecule has 184 valence electrons. The number of hydrogen-bond acceptors (Lipinski definition) is 9. The number of aromatic nitrogens is 2. The molecule has 14 heteroatoms. The largest absolute Gasteiger partial charge is 0.464 e. The number of hydrogen-bond donors (Lipinski definition) is 4.